The Morgan fingerprint density at radius 1 is 0.207 bits per heavy atom. The average molecular weight is 1970 g/mol. The normalized spacial score (nSPS) is 49.5. The molecular formula is C76H127N5O54. The number of carbonyl (C=O) groups is 5. The Morgan fingerprint density at radius 3 is 0.941 bits per heavy atom. The lowest BCUT2D eigenvalue weighted by molar-refractivity contribution is -0.401. The lowest BCUT2D eigenvalue weighted by Crippen LogP contribution is -2.71. The van der Waals surface area contributed by atoms with Gasteiger partial charge >= 0.3 is 0 Å². The smallest absolute Gasteiger partial charge is 0.217 e. The van der Waals surface area contributed by atoms with Gasteiger partial charge in [0.2, 0.25) is 29.5 Å². The van der Waals surface area contributed by atoms with Crippen molar-refractivity contribution in [3.63, 3.8) is 0 Å². The number of nitrogens with one attached hydrogen (secondary N) is 5. The first-order valence-electron chi connectivity index (χ1n) is 43.4. The van der Waals surface area contributed by atoms with Gasteiger partial charge in [-0.3, -0.25) is 24.0 Å². The van der Waals surface area contributed by atoms with Crippen LogP contribution in [0.15, 0.2) is 0 Å². The zero-order valence-corrected chi connectivity index (χ0v) is 73.3. The number of carbonyl (C=O) groups excluding carboxylic acids is 5. The van der Waals surface area contributed by atoms with Crippen LogP contribution < -0.4 is 26.6 Å². The van der Waals surface area contributed by atoms with Crippen LogP contribution in [0.1, 0.15) is 48.5 Å². The number of hydrogen-bond acceptors (Lipinski definition) is 54. The van der Waals surface area contributed by atoms with Gasteiger partial charge in [-0.2, -0.15) is 0 Å². The molecule has 135 heavy (non-hydrogen) atoms. The molecule has 11 fully saturated rings. The van der Waals surface area contributed by atoms with Crippen LogP contribution in [0.2, 0.25) is 0 Å². The van der Waals surface area contributed by atoms with Crippen LogP contribution in [0.4, 0.5) is 0 Å². The summed E-state index contributed by atoms with van der Waals surface area (Å²) in [6, 6.07) is -9.85. The molecule has 33 N–H and O–H groups in total. The summed E-state index contributed by atoms with van der Waals surface area (Å²) in [6.45, 7) is -3.05. The van der Waals surface area contributed by atoms with E-state index in [9.17, 15) is 167 Å². The van der Waals surface area contributed by atoms with Gasteiger partial charge in [-0.25, -0.2) is 0 Å². The quantitative estimate of drug-likeness (QED) is 0.0284. The number of hydrogen-bond donors (Lipinski definition) is 33. The standard InChI is InChI=1S/C76H127N5O54/c1-17-38(94)50(106)54(110)71(117-17)134-64-53(109)42(98)26(10-84)124-75(64)128-58-30(14-88)126-67(34(49(58)105)78-20(4)90)115-15-31-46(102)59(35(66(114)119-31)79-21(5)91)129-74-57(113)62(47(103)32(127-74)16-116-68-36(80-22(6)92)60(43(99)27(11-85)120-68)130-73-56(112)52(108)41(97)25(9-83)123-73)132-70-37(81-23(7)93)61(44(100)28(12-86)122-70)131-76-65(135-72-55(111)51(107)39(95)18(2)118-72)63(45(101)29(13-87)125-76)133-69-33(77-19(3)89)48(104)40(96)24(8-82)121-69/h17-18,24-76,82-88,94-114H,8-16H2,1-7H3,(H,77,89)(H,78,90)(H,79,91)(H,80,92)(H,81,93)/t17-,18-,24+,25+,26+,27+,28+,29+,30+,31+,32+,33+,34+,35+,36+,37+,38+,39+,40+,41-,42-,43+,44+,45-,46-,47-,48+,49+,50+,51+,52-,53-,54-,55-,56+,57+,58+,59+,60+,61+,62-,63-,64+,65+,66-,67+,68+,69-,70-,71-,72-,73+,74-,75-,76+/m0/s1. The topological polar surface area (TPSA) is 906 Å². The first-order valence-corrected chi connectivity index (χ1v) is 43.4. The van der Waals surface area contributed by atoms with Crippen molar-refractivity contribution in [1.29, 1.82) is 0 Å². The number of rotatable bonds is 34. The first-order chi connectivity index (χ1) is 63.8. The molecule has 0 aromatic heterocycles. The van der Waals surface area contributed by atoms with Gasteiger partial charge in [0, 0.05) is 34.6 Å². The van der Waals surface area contributed by atoms with Gasteiger partial charge in [-0.15, -0.1) is 0 Å². The lowest BCUT2D eigenvalue weighted by Gasteiger charge is -2.52. The molecule has 0 aromatic rings. The molecule has 11 aliphatic heterocycles. The summed E-state index contributed by atoms with van der Waals surface area (Å²) in [5, 5.41) is 328. The fraction of sp³-hybridized carbons (Fsp3) is 0.934. The number of ether oxygens (including phenoxy) is 21. The SMILES string of the molecule is CC(=O)N[C@@H]1[C@@H](O[C@@H]2O[C@H](CO[C@@H]3O[C@H](CO)[C@@H](O)[C@H](O[C@H]4O[C@H](CO)[C@H](O)[C@H](O)[C@H]4O)[C@H]3NC(C)=O)[C@H](O)[C@H](O[C@@H]3O[C@H](CO)[C@@H](O)[C@H](O[C@H]4O[C@H](CO)[C@H](O)[C@H](O[C@@H]5O[C@H](CO)[C@@H](O)[C@H](O)[C@H]5NC(C)=O)[C@H]4O[C@@H]4O[C@@H](C)[C@@H](O)[C@@H](O)[C@@H]4O)[C@H]3NC(C)=O)[C@H]2O)[C@@H](O)[C@@H](CO[C@@H]2O[C@H](CO)[C@@H](O[C@@H]3O[C@H](CO)[C@H](O)[C@H](O)[C@H]3O[C@@H]3O[C@@H](C)[C@@H](O)[C@@H](O)[C@@H]3O)[C@H](O)[C@H]2NC(C)=O)O[C@@H]1O. The molecule has 11 rings (SSSR count). The predicted octanol–water partition coefficient (Wildman–Crippen LogP) is -22.2. The van der Waals surface area contributed by atoms with Crippen LogP contribution in [0, 0.1) is 0 Å². The van der Waals surface area contributed by atoms with Gasteiger partial charge in [0.05, 0.1) is 71.7 Å². The predicted molar refractivity (Wildman–Crippen MR) is 417 cm³/mol. The highest BCUT2D eigenvalue weighted by Crippen LogP contribution is 2.42. The third kappa shape index (κ3) is 24.7. The third-order valence-electron chi connectivity index (χ3n) is 24.9. The van der Waals surface area contributed by atoms with Crippen LogP contribution in [0.25, 0.3) is 0 Å². The summed E-state index contributed by atoms with van der Waals surface area (Å²) < 4.78 is 127. The molecule has 0 aromatic carbocycles. The zero-order chi connectivity index (χ0) is 99.4. The molecule has 59 heteroatoms. The van der Waals surface area contributed by atoms with E-state index in [1.54, 1.807) is 0 Å². The Balaban J connectivity index is 0.936. The van der Waals surface area contributed by atoms with E-state index < -0.39 is 426 Å². The second-order valence-corrected chi connectivity index (χ2v) is 34.5. The first kappa shape index (κ1) is 111. The Bertz CT molecular complexity index is 3750. The maximum absolute atomic E-state index is 13.8. The van der Waals surface area contributed by atoms with Gasteiger partial charge in [0.25, 0.3) is 0 Å². The van der Waals surface area contributed by atoms with Crippen molar-refractivity contribution in [1.82, 2.24) is 26.6 Å². The summed E-state index contributed by atoms with van der Waals surface area (Å²) in [7, 11) is 0. The highest BCUT2D eigenvalue weighted by Gasteiger charge is 2.63. The summed E-state index contributed by atoms with van der Waals surface area (Å²) in [4.78, 5) is 66.0. The fourth-order valence-corrected chi connectivity index (χ4v) is 17.6. The molecule has 11 heterocycles. The maximum Gasteiger partial charge on any atom is 0.217 e. The minimum absolute atomic E-state index is 0.867. The molecule has 0 unspecified atom stereocenters. The summed E-state index contributed by atoms with van der Waals surface area (Å²) in [5.41, 5.74) is 0. The van der Waals surface area contributed by atoms with E-state index in [-0.39, 0.29) is 0 Å². The van der Waals surface area contributed by atoms with E-state index >= 15 is 0 Å². The highest BCUT2D eigenvalue weighted by atomic mass is 16.8. The Hall–Kier alpha value is -4.61. The van der Waals surface area contributed by atoms with Crippen molar-refractivity contribution in [2.24, 2.45) is 0 Å². The Kier molecular flexibility index (Phi) is 39.5. The highest BCUT2D eigenvalue weighted by molar-refractivity contribution is 5.75. The molecular weight excluding hydrogens is 1850 g/mol. The van der Waals surface area contributed by atoms with Gasteiger partial charge in [0.15, 0.2) is 69.2 Å². The molecule has 0 spiro atoms. The van der Waals surface area contributed by atoms with Gasteiger partial charge in [-0.1, -0.05) is 0 Å². The minimum Gasteiger partial charge on any atom is -0.394 e. The summed E-state index contributed by atoms with van der Waals surface area (Å²) in [6.07, 6.45) is -104. The monoisotopic (exact) mass is 1970 g/mol. The van der Waals surface area contributed by atoms with E-state index in [2.05, 4.69) is 26.6 Å². The van der Waals surface area contributed by atoms with E-state index in [1.165, 1.54) is 13.8 Å². The van der Waals surface area contributed by atoms with Crippen molar-refractivity contribution in [2.45, 2.75) is 386 Å². The summed E-state index contributed by atoms with van der Waals surface area (Å²) in [5.74, 6) is -4.89. The number of amides is 5. The van der Waals surface area contributed by atoms with Crippen molar-refractivity contribution in [3.8, 4) is 0 Å². The van der Waals surface area contributed by atoms with Crippen LogP contribution in [-0.2, 0) is 123 Å². The van der Waals surface area contributed by atoms with E-state index in [1.807, 2.05) is 0 Å². The van der Waals surface area contributed by atoms with Crippen molar-refractivity contribution < 1.29 is 266 Å². The van der Waals surface area contributed by atoms with Crippen molar-refractivity contribution in [2.75, 3.05) is 59.5 Å². The average Bonchev–Trinajstić information content (AvgIpc) is 0.754. The van der Waals surface area contributed by atoms with Crippen molar-refractivity contribution >= 4 is 29.5 Å². The molecule has 0 aliphatic carbocycles. The molecule has 55 atom stereocenters. The fourth-order valence-electron chi connectivity index (χ4n) is 17.6. The largest absolute Gasteiger partial charge is 0.394 e. The molecule has 59 nitrogen and oxygen atoms in total. The molecule has 780 valence electrons. The molecule has 0 saturated carbocycles. The van der Waals surface area contributed by atoms with Crippen molar-refractivity contribution in [3.05, 3.63) is 0 Å². The van der Waals surface area contributed by atoms with E-state index in [0.29, 0.717) is 0 Å². The third-order valence-corrected chi connectivity index (χ3v) is 24.9. The second kappa shape index (κ2) is 48.2. The molecule has 0 bridgehead atoms. The maximum atomic E-state index is 13.8. The van der Waals surface area contributed by atoms with Crippen LogP contribution in [0.5, 0.6) is 0 Å². The summed E-state index contributed by atoms with van der Waals surface area (Å²) >= 11 is 0. The molecule has 11 saturated heterocycles. The second-order valence-electron chi connectivity index (χ2n) is 34.5. The van der Waals surface area contributed by atoms with Crippen LogP contribution in [-0.4, -0.2) is 569 Å². The van der Waals surface area contributed by atoms with Gasteiger partial charge < -0.3 is 269 Å². The van der Waals surface area contributed by atoms with Gasteiger partial charge in [-0.05, 0) is 13.8 Å². The van der Waals surface area contributed by atoms with Crippen LogP contribution >= 0.6 is 0 Å². The van der Waals surface area contributed by atoms with Crippen LogP contribution in [0.3, 0.4) is 0 Å². The molecule has 11 aliphatic rings. The minimum atomic E-state index is -2.67. The lowest BCUT2D eigenvalue weighted by atomic mass is 9.93. The molecule has 0 radical (unpaired) electrons. The number of aliphatic hydroxyl groups excluding tert-OH is 28. The Labute approximate surface area is 765 Å². The zero-order valence-electron chi connectivity index (χ0n) is 73.3. The number of aliphatic hydroxyl groups is 28. The molecule has 5 amide bonds. The van der Waals surface area contributed by atoms with Gasteiger partial charge in [0.1, 0.15) is 256 Å². The van der Waals surface area contributed by atoms with E-state index in [4.69, 9.17) is 99.5 Å². The van der Waals surface area contributed by atoms with E-state index in [0.717, 1.165) is 34.6 Å². The Morgan fingerprint density at radius 2 is 0.474 bits per heavy atom.